The predicted molar refractivity (Wildman–Crippen MR) is 94.6 cm³/mol. The van der Waals surface area contributed by atoms with Crippen LogP contribution in [0.25, 0.3) is 0 Å². The molecule has 0 unspecified atom stereocenters. The summed E-state index contributed by atoms with van der Waals surface area (Å²) >= 11 is 0. The molecule has 1 aromatic heterocycles. The molecule has 138 valence electrons. The van der Waals surface area contributed by atoms with Gasteiger partial charge < -0.3 is 19.8 Å². The first-order chi connectivity index (χ1) is 12.5. The third kappa shape index (κ3) is 4.20. The van der Waals surface area contributed by atoms with Gasteiger partial charge in [0.25, 0.3) is 0 Å². The Morgan fingerprint density at radius 1 is 1.27 bits per heavy atom. The number of nitrogens with zero attached hydrogens (tertiary/aromatic N) is 3. The fourth-order valence-electron chi connectivity index (χ4n) is 3.12. The maximum absolute atomic E-state index is 12.1. The smallest absolute Gasteiger partial charge is 0.325 e. The van der Waals surface area contributed by atoms with E-state index in [0.29, 0.717) is 23.5 Å². The van der Waals surface area contributed by atoms with Gasteiger partial charge in [-0.15, -0.1) is 0 Å². The highest BCUT2D eigenvalue weighted by Gasteiger charge is 2.25. The number of urea groups is 1. The molecule has 0 radical (unpaired) electrons. The molecule has 1 aliphatic rings. The molecule has 0 aliphatic carbocycles. The largest absolute Gasteiger partial charge is 0.480 e. The van der Waals surface area contributed by atoms with Gasteiger partial charge in [-0.05, 0) is 37.6 Å². The first-order valence-corrected chi connectivity index (χ1v) is 8.53. The molecule has 2 amide bonds. The summed E-state index contributed by atoms with van der Waals surface area (Å²) in [7, 11) is 1.72. The number of carbonyl (C=O) groups excluding carboxylic acids is 1. The molecule has 26 heavy (non-hydrogen) atoms. The van der Waals surface area contributed by atoms with E-state index in [-0.39, 0.29) is 6.03 Å². The number of aliphatic carboxylic acids is 1. The molecule has 0 bridgehead atoms. The zero-order valence-corrected chi connectivity index (χ0v) is 14.6. The van der Waals surface area contributed by atoms with Gasteiger partial charge in [0.1, 0.15) is 12.3 Å². The van der Waals surface area contributed by atoms with Crippen LogP contribution in [0.15, 0.2) is 41.1 Å². The third-order valence-electron chi connectivity index (χ3n) is 4.45. The van der Waals surface area contributed by atoms with Crippen LogP contribution in [0.3, 0.4) is 0 Å². The van der Waals surface area contributed by atoms with E-state index in [9.17, 15) is 14.7 Å². The summed E-state index contributed by atoms with van der Waals surface area (Å²) in [4.78, 5) is 27.3. The van der Waals surface area contributed by atoms with Crippen molar-refractivity contribution in [3.05, 3.63) is 47.9 Å². The second-order valence-corrected chi connectivity index (χ2v) is 6.39. The number of rotatable bonds is 6. The highest BCUT2D eigenvalue weighted by molar-refractivity contribution is 5.89. The lowest BCUT2D eigenvalue weighted by Gasteiger charge is -2.24. The number of amides is 2. The van der Waals surface area contributed by atoms with Crippen LogP contribution in [0.2, 0.25) is 0 Å². The van der Waals surface area contributed by atoms with Crippen molar-refractivity contribution in [1.82, 2.24) is 15.0 Å². The highest BCUT2D eigenvalue weighted by atomic mass is 16.5. The van der Waals surface area contributed by atoms with Crippen LogP contribution in [0.5, 0.6) is 0 Å². The van der Waals surface area contributed by atoms with E-state index >= 15 is 0 Å². The lowest BCUT2D eigenvalue weighted by Crippen LogP contribution is -2.32. The Morgan fingerprint density at radius 2 is 1.96 bits per heavy atom. The standard InChI is InChI=1S/C18H22N4O4/c1-21(12-15-8-11-26-20-15)16(17(23)24)13-4-6-14(7-5-13)19-18(25)22-9-2-3-10-22/h4-8,11,16H,2-3,9-10,12H2,1H3,(H,19,25)(H,23,24)/t16-/m1/s1. The zero-order valence-electron chi connectivity index (χ0n) is 14.6. The Labute approximate surface area is 151 Å². The molecule has 1 atom stereocenters. The number of likely N-dealkylation sites (tertiary alicyclic amines) is 1. The maximum Gasteiger partial charge on any atom is 0.325 e. The molecule has 8 nitrogen and oxygen atoms in total. The van der Waals surface area contributed by atoms with E-state index in [1.54, 1.807) is 47.2 Å². The number of aromatic nitrogens is 1. The summed E-state index contributed by atoms with van der Waals surface area (Å²) in [5.74, 6) is -0.954. The number of carbonyl (C=O) groups is 2. The molecule has 0 spiro atoms. The van der Waals surface area contributed by atoms with Gasteiger partial charge in [0.15, 0.2) is 0 Å². The minimum atomic E-state index is -0.954. The number of hydrogen-bond donors (Lipinski definition) is 2. The van der Waals surface area contributed by atoms with Crippen LogP contribution in [0.1, 0.15) is 30.1 Å². The van der Waals surface area contributed by atoms with Crippen LogP contribution in [0.4, 0.5) is 10.5 Å². The first-order valence-electron chi connectivity index (χ1n) is 8.53. The monoisotopic (exact) mass is 358 g/mol. The second-order valence-electron chi connectivity index (χ2n) is 6.39. The van der Waals surface area contributed by atoms with E-state index in [0.717, 1.165) is 25.9 Å². The number of carboxylic acids is 1. The van der Waals surface area contributed by atoms with Crippen molar-refractivity contribution < 1.29 is 19.2 Å². The van der Waals surface area contributed by atoms with Gasteiger partial charge in [-0.25, -0.2) is 4.79 Å². The van der Waals surface area contributed by atoms with Gasteiger partial charge in [-0.2, -0.15) is 0 Å². The normalized spacial score (nSPS) is 15.2. The summed E-state index contributed by atoms with van der Waals surface area (Å²) in [5, 5.41) is 16.3. The van der Waals surface area contributed by atoms with Gasteiger partial charge in [-0.1, -0.05) is 17.3 Å². The molecule has 2 aromatic rings. The molecule has 1 aromatic carbocycles. The number of carboxylic acid groups (broad SMARTS) is 1. The van der Waals surface area contributed by atoms with Crippen molar-refractivity contribution in [2.75, 3.05) is 25.5 Å². The fraction of sp³-hybridized carbons (Fsp3) is 0.389. The van der Waals surface area contributed by atoms with Crippen molar-refractivity contribution in [3.8, 4) is 0 Å². The molecule has 2 N–H and O–H groups in total. The Morgan fingerprint density at radius 3 is 2.54 bits per heavy atom. The van der Waals surface area contributed by atoms with Gasteiger partial charge in [0, 0.05) is 31.4 Å². The number of nitrogens with one attached hydrogen (secondary N) is 1. The van der Waals surface area contributed by atoms with Crippen molar-refractivity contribution >= 4 is 17.7 Å². The topological polar surface area (TPSA) is 98.9 Å². The SMILES string of the molecule is CN(Cc1ccon1)[C@@H](C(=O)O)c1ccc(NC(=O)N2CCCC2)cc1. The van der Waals surface area contributed by atoms with Crippen LogP contribution in [0, 0.1) is 0 Å². The molecule has 8 heteroatoms. The van der Waals surface area contributed by atoms with E-state index in [1.807, 2.05) is 0 Å². The van der Waals surface area contributed by atoms with Crippen molar-refractivity contribution in [1.29, 1.82) is 0 Å². The molecular formula is C18H22N4O4. The van der Waals surface area contributed by atoms with Gasteiger partial charge in [0.2, 0.25) is 0 Å². The van der Waals surface area contributed by atoms with Gasteiger partial charge >= 0.3 is 12.0 Å². The average Bonchev–Trinajstić information content (AvgIpc) is 3.29. The van der Waals surface area contributed by atoms with Crippen molar-refractivity contribution in [2.45, 2.75) is 25.4 Å². The van der Waals surface area contributed by atoms with Crippen molar-refractivity contribution in [3.63, 3.8) is 0 Å². The maximum atomic E-state index is 12.1. The molecule has 1 saturated heterocycles. The summed E-state index contributed by atoms with van der Waals surface area (Å²) in [6.45, 7) is 1.90. The molecule has 0 saturated carbocycles. The number of anilines is 1. The molecular weight excluding hydrogens is 336 g/mol. The minimum absolute atomic E-state index is 0.117. The molecule has 1 aliphatic heterocycles. The fourth-order valence-corrected chi connectivity index (χ4v) is 3.12. The summed E-state index contributed by atoms with van der Waals surface area (Å²) in [6.07, 6.45) is 3.52. The van der Waals surface area contributed by atoms with Crippen LogP contribution in [-0.4, -0.2) is 52.2 Å². The molecule has 3 rings (SSSR count). The van der Waals surface area contributed by atoms with Crippen molar-refractivity contribution in [2.24, 2.45) is 0 Å². The Balaban J connectivity index is 1.67. The van der Waals surface area contributed by atoms with E-state index < -0.39 is 12.0 Å². The Hall–Kier alpha value is -2.87. The van der Waals surface area contributed by atoms with Gasteiger partial charge in [0.05, 0.1) is 5.69 Å². The van der Waals surface area contributed by atoms with E-state index in [1.165, 1.54) is 6.26 Å². The lowest BCUT2D eigenvalue weighted by atomic mass is 10.0. The third-order valence-corrected chi connectivity index (χ3v) is 4.45. The van der Waals surface area contributed by atoms with Crippen LogP contribution in [-0.2, 0) is 11.3 Å². The highest BCUT2D eigenvalue weighted by Crippen LogP contribution is 2.23. The zero-order chi connectivity index (χ0) is 18.5. The molecule has 2 heterocycles. The summed E-state index contributed by atoms with van der Waals surface area (Å²) in [5.41, 5.74) is 1.94. The number of hydrogen-bond acceptors (Lipinski definition) is 5. The minimum Gasteiger partial charge on any atom is -0.480 e. The Kier molecular flexibility index (Phi) is 5.52. The quantitative estimate of drug-likeness (QED) is 0.823. The lowest BCUT2D eigenvalue weighted by molar-refractivity contribution is -0.143. The Bertz CT molecular complexity index is 739. The second kappa shape index (κ2) is 8.01. The first kappa shape index (κ1) is 17.9. The predicted octanol–water partition coefficient (Wildman–Crippen LogP) is 2.56. The van der Waals surface area contributed by atoms with E-state index in [4.69, 9.17) is 4.52 Å². The van der Waals surface area contributed by atoms with Gasteiger partial charge in [-0.3, -0.25) is 9.69 Å². The molecule has 1 fully saturated rings. The summed E-state index contributed by atoms with van der Waals surface area (Å²) < 4.78 is 4.79. The summed E-state index contributed by atoms with van der Waals surface area (Å²) in [6, 6.07) is 7.65. The van der Waals surface area contributed by atoms with Crippen LogP contribution < -0.4 is 5.32 Å². The van der Waals surface area contributed by atoms with Crippen LogP contribution >= 0.6 is 0 Å². The van der Waals surface area contributed by atoms with E-state index in [2.05, 4.69) is 10.5 Å². The number of benzene rings is 1. The average molecular weight is 358 g/mol. The number of likely N-dealkylation sites (N-methyl/N-ethyl adjacent to an activating group) is 1.